The van der Waals surface area contributed by atoms with Crippen LogP contribution in [0.5, 0.6) is 5.75 Å². The van der Waals surface area contributed by atoms with Crippen LogP contribution in [-0.2, 0) is 4.74 Å². The van der Waals surface area contributed by atoms with E-state index in [-0.39, 0.29) is 18.2 Å². The van der Waals surface area contributed by atoms with Crippen molar-refractivity contribution in [3.63, 3.8) is 0 Å². The van der Waals surface area contributed by atoms with Crippen molar-refractivity contribution in [1.82, 2.24) is 4.90 Å². The fraction of sp³-hybridized carbons (Fsp3) is 0.533. The van der Waals surface area contributed by atoms with Crippen molar-refractivity contribution in [2.75, 3.05) is 25.0 Å². The minimum absolute atomic E-state index is 0.0617. The van der Waals surface area contributed by atoms with Crippen LogP contribution < -0.4 is 10.1 Å². The molecule has 0 aromatic heterocycles. The quantitative estimate of drug-likeness (QED) is 0.925. The number of urea groups is 1. The molecular formula is C15H22N2O3. The number of para-hydroxylation sites is 2. The summed E-state index contributed by atoms with van der Waals surface area (Å²) in [6, 6.07) is 7.35. The van der Waals surface area contributed by atoms with Crippen LogP contribution in [0, 0.1) is 0 Å². The Kier molecular flexibility index (Phi) is 4.84. The summed E-state index contributed by atoms with van der Waals surface area (Å²) in [5.74, 6) is 0.692. The molecule has 1 aliphatic heterocycles. The molecule has 1 aliphatic rings. The smallest absolute Gasteiger partial charge is 0.322 e. The Bertz CT molecular complexity index is 454. The summed E-state index contributed by atoms with van der Waals surface area (Å²) in [5.41, 5.74) is 0.700. The monoisotopic (exact) mass is 278 g/mol. The van der Waals surface area contributed by atoms with Crippen LogP contribution >= 0.6 is 0 Å². The van der Waals surface area contributed by atoms with E-state index in [1.807, 2.05) is 45.0 Å². The van der Waals surface area contributed by atoms with Gasteiger partial charge < -0.3 is 19.7 Å². The van der Waals surface area contributed by atoms with E-state index < -0.39 is 0 Å². The van der Waals surface area contributed by atoms with Crippen molar-refractivity contribution < 1.29 is 14.3 Å². The van der Waals surface area contributed by atoms with Crippen molar-refractivity contribution in [3.05, 3.63) is 24.3 Å². The molecule has 0 spiro atoms. The third-order valence-electron chi connectivity index (χ3n) is 3.14. The van der Waals surface area contributed by atoms with Crippen molar-refractivity contribution in [1.29, 1.82) is 0 Å². The van der Waals surface area contributed by atoms with Gasteiger partial charge in [0.25, 0.3) is 0 Å². The van der Waals surface area contributed by atoms with Crippen molar-refractivity contribution >= 4 is 11.7 Å². The number of benzene rings is 1. The van der Waals surface area contributed by atoms with Gasteiger partial charge in [0, 0.05) is 13.1 Å². The molecule has 0 unspecified atom stereocenters. The largest absolute Gasteiger partial charge is 0.492 e. The van der Waals surface area contributed by atoms with Gasteiger partial charge in [-0.3, -0.25) is 0 Å². The highest BCUT2D eigenvalue weighted by molar-refractivity contribution is 5.91. The van der Waals surface area contributed by atoms with Gasteiger partial charge in [-0.15, -0.1) is 0 Å². The van der Waals surface area contributed by atoms with E-state index in [9.17, 15) is 4.79 Å². The first kappa shape index (κ1) is 14.7. The Labute approximate surface area is 119 Å². The van der Waals surface area contributed by atoms with Crippen LogP contribution in [-0.4, -0.2) is 42.8 Å². The van der Waals surface area contributed by atoms with E-state index >= 15 is 0 Å². The molecule has 20 heavy (non-hydrogen) atoms. The molecule has 2 rings (SSSR count). The highest BCUT2D eigenvalue weighted by Gasteiger charge is 2.26. The second-order valence-electron chi connectivity index (χ2n) is 5.02. The van der Waals surface area contributed by atoms with Crippen LogP contribution in [0.25, 0.3) is 0 Å². The van der Waals surface area contributed by atoms with E-state index in [1.165, 1.54) is 0 Å². The van der Waals surface area contributed by atoms with Crippen LogP contribution in [0.4, 0.5) is 10.5 Å². The average Bonchev–Trinajstić information content (AvgIpc) is 2.40. The lowest BCUT2D eigenvalue weighted by Crippen LogP contribution is -2.49. The van der Waals surface area contributed by atoms with E-state index in [2.05, 4.69) is 5.32 Å². The third-order valence-corrected chi connectivity index (χ3v) is 3.14. The van der Waals surface area contributed by atoms with Crippen molar-refractivity contribution in [3.8, 4) is 5.75 Å². The molecule has 1 fully saturated rings. The van der Waals surface area contributed by atoms with Gasteiger partial charge in [-0.1, -0.05) is 12.1 Å². The van der Waals surface area contributed by atoms with Crippen LogP contribution in [0.15, 0.2) is 24.3 Å². The summed E-state index contributed by atoms with van der Waals surface area (Å²) in [7, 11) is 0. The zero-order valence-electron chi connectivity index (χ0n) is 12.3. The molecule has 2 amide bonds. The number of hydrogen-bond donors (Lipinski definition) is 1. The summed E-state index contributed by atoms with van der Waals surface area (Å²) in [6.45, 7) is 7.65. The fourth-order valence-corrected chi connectivity index (χ4v) is 2.39. The fourth-order valence-electron chi connectivity index (χ4n) is 2.39. The molecule has 1 heterocycles. The Hall–Kier alpha value is -1.75. The van der Waals surface area contributed by atoms with E-state index in [0.717, 1.165) is 0 Å². The molecule has 1 aromatic rings. The van der Waals surface area contributed by atoms with Gasteiger partial charge in [0.2, 0.25) is 0 Å². The number of carbonyl (C=O) groups is 1. The summed E-state index contributed by atoms with van der Waals surface area (Å²) in [6.07, 6.45) is 0.123. The highest BCUT2D eigenvalue weighted by Crippen LogP contribution is 2.24. The molecule has 2 atom stereocenters. The van der Waals surface area contributed by atoms with Crippen LogP contribution in [0.2, 0.25) is 0 Å². The maximum absolute atomic E-state index is 12.3. The molecule has 0 radical (unpaired) electrons. The molecule has 110 valence electrons. The molecule has 0 aliphatic carbocycles. The lowest BCUT2D eigenvalue weighted by atomic mass is 10.2. The summed E-state index contributed by atoms with van der Waals surface area (Å²) < 4.78 is 11.1. The zero-order valence-corrected chi connectivity index (χ0v) is 12.3. The van der Waals surface area contributed by atoms with Gasteiger partial charge in [-0.2, -0.15) is 0 Å². The summed E-state index contributed by atoms with van der Waals surface area (Å²) in [4.78, 5) is 14.1. The average molecular weight is 278 g/mol. The Balaban J connectivity index is 2.04. The molecule has 0 bridgehead atoms. The predicted octanol–water partition coefficient (Wildman–Crippen LogP) is 2.73. The Morgan fingerprint density at radius 1 is 1.35 bits per heavy atom. The number of morpholine rings is 1. The second-order valence-corrected chi connectivity index (χ2v) is 5.02. The topological polar surface area (TPSA) is 50.8 Å². The molecule has 1 saturated heterocycles. The minimum atomic E-state index is -0.112. The number of nitrogens with zero attached hydrogens (tertiary/aromatic N) is 1. The number of nitrogens with one attached hydrogen (secondary N) is 1. The van der Waals surface area contributed by atoms with E-state index in [1.54, 1.807) is 4.90 Å². The number of amides is 2. The van der Waals surface area contributed by atoms with Crippen LogP contribution in [0.3, 0.4) is 0 Å². The van der Waals surface area contributed by atoms with Gasteiger partial charge in [0.1, 0.15) is 5.75 Å². The number of rotatable bonds is 3. The first-order chi connectivity index (χ1) is 9.60. The van der Waals surface area contributed by atoms with Gasteiger partial charge >= 0.3 is 6.03 Å². The summed E-state index contributed by atoms with van der Waals surface area (Å²) >= 11 is 0. The highest BCUT2D eigenvalue weighted by atomic mass is 16.5. The Morgan fingerprint density at radius 2 is 2.00 bits per heavy atom. The lowest BCUT2D eigenvalue weighted by molar-refractivity contribution is -0.0530. The normalized spacial score (nSPS) is 22.4. The number of ether oxygens (including phenoxy) is 2. The van der Waals surface area contributed by atoms with E-state index in [4.69, 9.17) is 9.47 Å². The first-order valence-corrected chi connectivity index (χ1v) is 7.03. The van der Waals surface area contributed by atoms with E-state index in [0.29, 0.717) is 31.1 Å². The summed E-state index contributed by atoms with van der Waals surface area (Å²) in [5, 5.41) is 2.91. The maximum atomic E-state index is 12.3. The van der Waals surface area contributed by atoms with Crippen molar-refractivity contribution in [2.45, 2.75) is 33.0 Å². The maximum Gasteiger partial charge on any atom is 0.322 e. The molecule has 1 aromatic carbocycles. The first-order valence-electron chi connectivity index (χ1n) is 7.03. The third kappa shape index (κ3) is 3.63. The van der Waals surface area contributed by atoms with Gasteiger partial charge in [-0.05, 0) is 32.9 Å². The second kappa shape index (κ2) is 6.61. The number of anilines is 1. The Morgan fingerprint density at radius 3 is 2.65 bits per heavy atom. The number of carbonyl (C=O) groups excluding carboxylic acids is 1. The minimum Gasteiger partial charge on any atom is -0.492 e. The van der Waals surface area contributed by atoms with Crippen molar-refractivity contribution in [2.24, 2.45) is 0 Å². The van der Waals surface area contributed by atoms with Gasteiger partial charge in [-0.25, -0.2) is 4.79 Å². The molecular weight excluding hydrogens is 256 g/mol. The predicted molar refractivity (Wildman–Crippen MR) is 78.2 cm³/mol. The van der Waals surface area contributed by atoms with Crippen LogP contribution in [0.1, 0.15) is 20.8 Å². The SMILES string of the molecule is CCOc1ccccc1NC(=O)N1C[C@@H](C)O[C@@H](C)C1. The van der Waals surface area contributed by atoms with Gasteiger partial charge in [0.15, 0.2) is 0 Å². The molecule has 0 saturated carbocycles. The number of hydrogen-bond acceptors (Lipinski definition) is 3. The molecule has 1 N–H and O–H groups in total. The lowest BCUT2D eigenvalue weighted by Gasteiger charge is -2.35. The van der Waals surface area contributed by atoms with Gasteiger partial charge in [0.05, 0.1) is 24.5 Å². The zero-order chi connectivity index (χ0) is 14.5. The molecule has 5 heteroatoms. The molecule has 5 nitrogen and oxygen atoms in total. The standard InChI is InChI=1S/C15H22N2O3/c1-4-19-14-8-6-5-7-13(14)16-15(18)17-9-11(2)20-12(3)10-17/h5-8,11-12H,4,9-10H2,1-3H3,(H,16,18)/t11-,12+.